The first-order valence-electron chi connectivity index (χ1n) is 11.5. The molecule has 0 aliphatic carbocycles. The summed E-state index contributed by atoms with van der Waals surface area (Å²) in [5.41, 5.74) is 2.14. The third kappa shape index (κ3) is 6.17. The minimum atomic E-state index is -0.767. The Kier molecular flexibility index (Phi) is 8.26. The summed E-state index contributed by atoms with van der Waals surface area (Å²) < 4.78 is 5.46. The first kappa shape index (κ1) is 26.2. The van der Waals surface area contributed by atoms with Gasteiger partial charge in [-0.3, -0.25) is 15.0 Å². The van der Waals surface area contributed by atoms with Crippen LogP contribution >= 0.6 is 0 Å². The number of hydrogen-bond acceptors (Lipinski definition) is 6. The van der Waals surface area contributed by atoms with Crippen LogP contribution in [0.4, 0.5) is 26.7 Å². The second-order valence-corrected chi connectivity index (χ2v) is 8.50. The van der Waals surface area contributed by atoms with Gasteiger partial charge in [0, 0.05) is 35.7 Å². The fourth-order valence-electron chi connectivity index (χ4n) is 3.82. The summed E-state index contributed by atoms with van der Waals surface area (Å²) in [6.07, 6.45) is 0.373. The Hall–Kier alpha value is -4.41. The van der Waals surface area contributed by atoms with Crippen LogP contribution in [0.25, 0.3) is 0 Å². The Morgan fingerprint density at radius 1 is 1.14 bits per heavy atom. The van der Waals surface area contributed by atoms with Crippen molar-refractivity contribution in [3.05, 3.63) is 75.5 Å². The highest BCUT2D eigenvalue weighted by atomic mass is 16.6. The molecule has 0 aromatic heterocycles. The Bertz CT molecular complexity index is 1190. The lowest BCUT2D eigenvalue weighted by Crippen LogP contribution is -2.48. The van der Waals surface area contributed by atoms with E-state index in [1.807, 2.05) is 6.92 Å². The number of non-ortho nitro benzene ring substituents is 1. The van der Waals surface area contributed by atoms with Gasteiger partial charge in [0.1, 0.15) is 0 Å². The number of carbonyl (C=O) groups excluding carboxylic acids is 3. The molecule has 0 radical (unpaired) electrons. The molecule has 3 N–H and O–H groups in total. The van der Waals surface area contributed by atoms with Crippen molar-refractivity contribution < 1.29 is 24.0 Å². The van der Waals surface area contributed by atoms with Gasteiger partial charge in [-0.15, -0.1) is 0 Å². The lowest BCUT2D eigenvalue weighted by molar-refractivity contribution is -0.384. The van der Waals surface area contributed by atoms with Gasteiger partial charge < -0.3 is 20.7 Å². The number of carbonyl (C=O) groups is 3. The first-order valence-corrected chi connectivity index (χ1v) is 11.5. The monoisotopic (exact) mass is 495 g/mol. The molecule has 3 rings (SSSR count). The zero-order valence-corrected chi connectivity index (χ0v) is 20.5. The number of urea groups is 2. The average molecular weight is 496 g/mol. The number of anilines is 2. The van der Waals surface area contributed by atoms with Crippen LogP contribution in [0.15, 0.2) is 59.8 Å². The van der Waals surface area contributed by atoms with E-state index in [0.29, 0.717) is 41.2 Å². The maximum atomic E-state index is 13.0. The fourth-order valence-corrected chi connectivity index (χ4v) is 3.82. The molecule has 0 bridgehead atoms. The molecular formula is C25H29N5O6. The van der Waals surface area contributed by atoms with Crippen molar-refractivity contribution in [2.75, 3.05) is 17.2 Å². The summed E-state index contributed by atoms with van der Waals surface area (Å²) in [6.45, 7) is 7.62. The largest absolute Gasteiger partial charge is 0.459 e. The zero-order valence-electron chi connectivity index (χ0n) is 20.5. The van der Waals surface area contributed by atoms with Gasteiger partial charge in [0.05, 0.1) is 22.6 Å². The number of hydrogen-bond donors (Lipinski definition) is 3. The van der Waals surface area contributed by atoms with E-state index < -0.39 is 23.0 Å². The van der Waals surface area contributed by atoms with Crippen LogP contribution in [0.5, 0.6) is 0 Å². The van der Waals surface area contributed by atoms with Crippen LogP contribution in [0.2, 0.25) is 0 Å². The van der Waals surface area contributed by atoms with Gasteiger partial charge in [0.15, 0.2) is 0 Å². The fraction of sp³-hybridized carbons (Fsp3) is 0.320. The summed E-state index contributed by atoms with van der Waals surface area (Å²) in [6, 6.07) is 10.5. The molecular weight excluding hydrogens is 466 g/mol. The maximum Gasteiger partial charge on any atom is 0.338 e. The smallest absolute Gasteiger partial charge is 0.338 e. The van der Waals surface area contributed by atoms with Crippen molar-refractivity contribution in [2.24, 2.45) is 0 Å². The van der Waals surface area contributed by atoms with E-state index in [4.69, 9.17) is 4.74 Å². The summed E-state index contributed by atoms with van der Waals surface area (Å²) in [5, 5.41) is 19.0. The van der Waals surface area contributed by atoms with Gasteiger partial charge >= 0.3 is 18.0 Å². The van der Waals surface area contributed by atoms with Crippen molar-refractivity contribution in [2.45, 2.75) is 46.3 Å². The number of nitro benzene ring substituents is 1. The highest BCUT2D eigenvalue weighted by Crippen LogP contribution is 2.33. The second kappa shape index (κ2) is 11.3. The van der Waals surface area contributed by atoms with E-state index in [1.54, 1.807) is 45.0 Å². The maximum absolute atomic E-state index is 13.0. The van der Waals surface area contributed by atoms with E-state index in [9.17, 15) is 24.5 Å². The topological polar surface area (TPSA) is 143 Å². The summed E-state index contributed by atoms with van der Waals surface area (Å²) in [7, 11) is 0. The number of nitro groups is 1. The van der Waals surface area contributed by atoms with Gasteiger partial charge in [-0.1, -0.05) is 19.1 Å². The highest BCUT2D eigenvalue weighted by molar-refractivity contribution is 6.00. The third-order valence-electron chi connectivity index (χ3n) is 5.42. The van der Waals surface area contributed by atoms with E-state index in [-0.39, 0.29) is 17.8 Å². The molecule has 190 valence electrons. The Balaban J connectivity index is 1.84. The van der Waals surface area contributed by atoms with Gasteiger partial charge in [-0.2, -0.15) is 0 Å². The molecule has 1 atom stereocenters. The van der Waals surface area contributed by atoms with Gasteiger partial charge in [-0.05, 0) is 57.0 Å². The van der Waals surface area contributed by atoms with Gasteiger partial charge in [-0.25, -0.2) is 14.4 Å². The van der Waals surface area contributed by atoms with Crippen molar-refractivity contribution in [3.63, 3.8) is 0 Å². The third-order valence-corrected chi connectivity index (χ3v) is 5.42. The Morgan fingerprint density at radius 2 is 1.81 bits per heavy atom. The van der Waals surface area contributed by atoms with Gasteiger partial charge in [0.2, 0.25) is 0 Å². The number of allylic oxidation sites excluding steroid dienone is 1. The molecule has 0 spiro atoms. The van der Waals surface area contributed by atoms with Crippen LogP contribution in [0.1, 0.15) is 45.7 Å². The van der Waals surface area contributed by atoms with Crippen molar-refractivity contribution in [1.29, 1.82) is 0 Å². The molecule has 0 fully saturated rings. The predicted octanol–water partition coefficient (Wildman–Crippen LogP) is 4.94. The van der Waals surface area contributed by atoms with E-state index in [0.717, 1.165) is 0 Å². The molecule has 1 aliphatic rings. The molecule has 0 saturated carbocycles. The Morgan fingerprint density at radius 3 is 2.42 bits per heavy atom. The minimum absolute atomic E-state index is 0.0872. The SMILES string of the molecule is CCCN1C(=O)NC(c2cccc(NC(=O)Nc3ccc([N+](=O)[O-])cc3)c2)C(C(=O)OC(C)C)=C1C. The van der Waals surface area contributed by atoms with Crippen LogP contribution in [0, 0.1) is 10.1 Å². The summed E-state index contributed by atoms with van der Waals surface area (Å²) in [4.78, 5) is 50.1. The number of nitrogens with zero attached hydrogens (tertiary/aromatic N) is 2. The van der Waals surface area contributed by atoms with Crippen LogP contribution in [0.3, 0.4) is 0 Å². The number of esters is 1. The molecule has 11 heteroatoms. The van der Waals surface area contributed by atoms with E-state index >= 15 is 0 Å². The van der Waals surface area contributed by atoms with Gasteiger partial charge in [0.25, 0.3) is 5.69 Å². The van der Waals surface area contributed by atoms with E-state index in [1.165, 1.54) is 29.2 Å². The second-order valence-electron chi connectivity index (χ2n) is 8.50. The molecule has 1 aliphatic heterocycles. The van der Waals surface area contributed by atoms with Crippen molar-refractivity contribution >= 4 is 35.1 Å². The lowest BCUT2D eigenvalue weighted by atomic mass is 9.94. The van der Waals surface area contributed by atoms with Crippen LogP contribution < -0.4 is 16.0 Å². The molecule has 0 saturated heterocycles. The molecule has 1 heterocycles. The molecule has 36 heavy (non-hydrogen) atoms. The Labute approximate surface area is 208 Å². The number of nitrogens with one attached hydrogen (secondary N) is 3. The standard InChI is InChI=1S/C25H29N5O6/c1-5-13-29-16(4)21(23(31)36-15(2)3)22(28-25(29)33)17-7-6-8-19(14-17)27-24(32)26-18-9-11-20(12-10-18)30(34)35/h6-12,14-15,22H,5,13H2,1-4H3,(H,28,33)(H2,26,27,32). The molecule has 11 nitrogen and oxygen atoms in total. The number of rotatable bonds is 8. The molecule has 4 amide bonds. The molecule has 1 unspecified atom stereocenters. The first-order chi connectivity index (χ1) is 17.1. The average Bonchev–Trinajstić information content (AvgIpc) is 2.81. The molecule has 2 aromatic rings. The van der Waals surface area contributed by atoms with E-state index in [2.05, 4.69) is 16.0 Å². The number of amides is 4. The number of benzene rings is 2. The molecule has 2 aromatic carbocycles. The zero-order chi connectivity index (χ0) is 26.4. The quantitative estimate of drug-likeness (QED) is 0.269. The van der Waals surface area contributed by atoms with Crippen LogP contribution in [-0.4, -0.2) is 40.5 Å². The van der Waals surface area contributed by atoms with Crippen molar-refractivity contribution in [1.82, 2.24) is 10.2 Å². The van der Waals surface area contributed by atoms with Crippen LogP contribution in [-0.2, 0) is 9.53 Å². The predicted molar refractivity (Wildman–Crippen MR) is 134 cm³/mol. The number of ether oxygens (including phenoxy) is 1. The summed E-state index contributed by atoms with van der Waals surface area (Å²) in [5.74, 6) is -0.525. The normalized spacial score (nSPS) is 15.4. The lowest BCUT2D eigenvalue weighted by Gasteiger charge is -2.35. The summed E-state index contributed by atoms with van der Waals surface area (Å²) >= 11 is 0. The highest BCUT2D eigenvalue weighted by Gasteiger charge is 2.36. The minimum Gasteiger partial charge on any atom is -0.459 e. The van der Waals surface area contributed by atoms with Crippen molar-refractivity contribution in [3.8, 4) is 0 Å².